The number of carbonyl (C=O) groups is 1. The molecule has 1 saturated heterocycles. The van der Waals surface area contributed by atoms with E-state index in [-0.39, 0.29) is 24.2 Å². The maximum Gasteiger partial charge on any atom is 0.330 e. The maximum atomic E-state index is 12.5. The Morgan fingerprint density at radius 2 is 2.24 bits per heavy atom. The Kier molecular flexibility index (Phi) is 3.53. The van der Waals surface area contributed by atoms with Crippen LogP contribution in [0, 0.1) is 0 Å². The summed E-state index contributed by atoms with van der Waals surface area (Å²) in [5, 5.41) is 0. The van der Waals surface area contributed by atoms with Gasteiger partial charge in [-0.2, -0.15) is 0 Å². The molecular weight excluding hydrogens is 268 g/mol. The molecule has 0 N–H and O–H groups in total. The summed E-state index contributed by atoms with van der Waals surface area (Å²) < 4.78 is 3.01. The molecule has 1 fully saturated rings. The van der Waals surface area contributed by atoms with Crippen molar-refractivity contribution in [2.45, 2.75) is 38.8 Å². The SMILES string of the molecule is C[C@@H]1CCCCN1C(=O)Cn1c(=O)n(C)c2ncccc21. The molecule has 21 heavy (non-hydrogen) atoms. The summed E-state index contributed by atoms with van der Waals surface area (Å²) in [4.78, 5) is 30.9. The average Bonchev–Trinajstić information content (AvgIpc) is 2.73. The summed E-state index contributed by atoms with van der Waals surface area (Å²) in [5.41, 5.74) is 1.13. The van der Waals surface area contributed by atoms with Crippen molar-refractivity contribution in [1.29, 1.82) is 0 Å². The highest BCUT2D eigenvalue weighted by atomic mass is 16.2. The van der Waals surface area contributed by atoms with Crippen LogP contribution in [0.3, 0.4) is 0 Å². The van der Waals surface area contributed by atoms with Crippen molar-refractivity contribution >= 4 is 17.1 Å². The van der Waals surface area contributed by atoms with Crippen LogP contribution in [0.1, 0.15) is 26.2 Å². The van der Waals surface area contributed by atoms with Crippen LogP contribution < -0.4 is 5.69 Å². The van der Waals surface area contributed by atoms with Crippen molar-refractivity contribution in [1.82, 2.24) is 19.0 Å². The normalized spacial score (nSPS) is 19.1. The van der Waals surface area contributed by atoms with E-state index in [1.165, 1.54) is 15.6 Å². The van der Waals surface area contributed by atoms with E-state index in [2.05, 4.69) is 11.9 Å². The van der Waals surface area contributed by atoms with E-state index in [1.807, 2.05) is 11.0 Å². The molecule has 0 aromatic carbocycles. The molecule has 112 valence electrons. The zero-order chi connectivity index (χ0) is 15.0. The first kappa shape index (κ1) is 13.9. The fourth-order valence-electron chi connectivity index (χ4n) is 3.08. The van der Waals surface area contributed by atoms with E-state index in [0.29, 0.717) is 11.2 Å². The molecule has 0 aliphatic carbocycles. The van der Waals surface area contributed by atoms with Gasteiger partial charge in [0.25, 0.3) is 0 Å². The van der Waals surface area contributed by atoms with Crippen LogP contribution in [0.4, 0.5) is 0 Å². The van der Waals surface area contributed by atoms with Gasteiger partial charge in [0, 0.05) is 25.8 Å². The van der Waals surface area contributed by atoms with Crippen LogP contribution in [0.2, 0.25) is 0 Å². The Morgan fingerprint density at radius 3 is 3.00 bits per heavy atom. The summed E-state index contributed by atoms with van der Waals surface area (Å²) in [6, 6.07) is 3.87. The maximum absolute atomic E-state index is 12.5. The van der Waals surface area contributed by atoms with Gasteiger partial charge < -0.3 is 4.90 Å². The smallest absolute Gasteiger partial charge is 0.330 e. The first-order valence-electron chi connectivity index (χ1n) is 7.39. The topological polar surface area (TPSA) is 60.1 Å². The molecule has 1 amide bonds. The first-order valence-corrected chi connectivity index (χ1v) is 7.39. The zero-order valence-corrected chi connectivity index (χ0v) is 12.5. The third kappa shape index (κ3) is 2.34. The highest BCUT2D eigenvalue weighted by Gasteiger charge is 2.24. The van der Waals surface area contributed by atoms with Crippen LogP contribution in [0.5, 0.6) is 0 Å². The number of nitrogens with zero attached hydrogens (tertiary/aromatic N) is 4. The molecule has 3 heterocycles. The Morgan fingerprint density at radius 1 is 1.43 bits per heavy atom. The van der Waals surface area contributed by atoms with E-state index in [9.17, 15) is 9.59 Å². The van der Waals surface area contributed by atoms with E-state index in [0.717, 1.165) is 19.4 Å². The van der Waals surface area contributed by atoms with Crippen LogP contribution >= 0.6 is 0 Å². The highest BCUT2D eigenvalue weighted by Crippen LogP contribution is 2.17. The van der Waals surface area contributed by atoms with Crippen molar-refractivity contribution in [3.63, 3.8) is 0 Å². The van der Waals surface area contributed by atoms with Gasteiger partial charge in [-0.25, -0.2) is 9.78 Å². The number of aryl methyl sites for hydroxylation is 1. The molecule has 0 unspecified atom stereocenters. The lowest BCUT2D eigenvalue weighted by Gasteiger charge is -2.33. The minimum absolute atomic E-state index is 0.0145. The van der Waals surface area contributed by atoms with Crippen LogP contribution in [0.15, 0.2) is 23.1 Å². The molecule has 6 nitrogen and oxygen atoms in total. The summed E-state index contributed by atoms with van der Waals surface area (Å²) in [5.74, 6) is 0.0145. The van der Waals surface area contributed by atoms with Gasteiger partial charge in [-0.15, -0.1) is 0 Å². The Balaban J connectivity index is 1.93. The number of aromatic nitrogens is 3. The quantitative estimate of drug-likeness (QED) is 0.832. The largest absolute Gasteiger partial charge is 0.338 e. The monoisotopic (exact) mass is 288 g/mol. The second-order valence-electron chi connectivity index (χ2n) is 5.71. The van der Waals surface area contributed by atoms with E-state index in [1.54, 1.807) is 19.3 Å². The molecule has 3 rings (SSSR count). The summed E-state index contributed by atoms with van der Waals surface area (Å²) in [7, 11) is 1.68. The van der Waals surface area contributed by atoms with Gasteiger partial charge in [-0.1, -0.05) is 0 Å². The van der Waals surface area contributed by atoms with Crippen LogP contribution in [0.25, 0.3) is 11.2 Å². The van der Waals surface area contributed by atoms with Crippen molar-refractivity contribution in [2.24, 2.45) is 7.05 Å². The van der Waals surface area contributed by atoms with Crippen molar-refractivity contribution in [3.05, 3.63) is 28.8 Å². The van der Waals surface area contributed by atoms with Crippen LogP contribution in [-0.4, -0.2) is 37.5 Å². The summed E-state index contributed by atoms with van der Waals surface area (Å²) in [6.45, 7) is 2.95. The molecule has 2 aromatic heterocycles. The number of fused-ring (bicyclic) bond motifs is 1. The van der Waals surface area contributed by atoms with E-state index in [4.69, 9.17) is 0 Å². The molecule has 6 heteroatoms. The van der Waals surface area contributed by atoms with Gasteiger partial charge in [0.05, 0.1) is 5.52 Å². The van der Waals surface area contributed by atoms with Crippen molar-refractivity contribution < 1.29 is 4.79 Å². The minimum Gasteiger partial charge on any atom is -0.338 e. The summed E-state index contributed by atoms with van der Waals surface area (Å²) >= 11 is 0. The number of carbonyl (C=O) groups excluding carboxylic acids is 1. The molecule has 1 aliphatic heterocycles. The van der Waals surface area contributed by atoms with Crippen LogP contribution in [-0.2, 0) is 18.4 Å². The van der Waals surface area contributed by atoms with Gasteiger partial charge in [0.15, 0.2) is 5.65 Å². The third-order valence-corrected chi connectivity index (χ3v) is 4.31. The molecule has 0 bridgehead atoms. The molecular formula is C15H20N4O2. The Bertz CT molecular complexity index is 731. The van der Waals surface area contributed by atoms with Crippen molar-refractivity contribution in [3.8, 4) is 0 Å². The molecule has 0 spiro atoms. The molecule has 0 saturated carbocycles. The number of pyridine rings is 1. The summed E-state index contributed by atoms with van der Waals surface area (Å²) in [6.07, 6.45) is 4.91. The number of amides is 1. The van der Waals surface area contributed by atoms with Gasteiger partial charge in [0.1, 0.15) is 6.54 Å². The second kappa shape index (κ2) is 5.35. The van der Waals surface area contributed by atoms with Gasteiger partial charge in [0.2, 0.25) is 5.91 Å². The fourth-order valence-corrected chi connectivity index (χ4v) is 3.08. The predicted molar refractivity (Wildman–Crippen MR) is 80.0 cm³/mol. The highest BCUT2D eigenvalue weighted by molar-refractivity contribution is 5.79. The number of rotatable bonds is 2. The Labute approximate surface area is 123 Å². The number of imidazole rings is 1. The van der Waals surface area contributed by atoms with Gasteiger partial charge in [-0.3, -0.25) is 13.9 Å². The van der Waals surface area contributed by atoms with Gasteiger partial charge in [-0.05, 0) is 38.3 Å². The number of piperidine rings is 1. The number of likely N-dealkylation sites (tertiary alicyclic amines) is 1. The van der Waals surface area contributed by atoms with Gasteiger partial charge >= 0.3 is 5.69 Å². The average molecular weight is 288 g/mol. The second-order valence-corrected chi connectivity index (χ2v) is 5.71. The van der Waals surface area contributed by atoms with Crippen molar-refractivity contribution in [2.75, 3.05) is 6.54 Å². The zero-order valence-electron chi connectivity index (χ0n) is 12.5. The first-order chi connectivity index (χ1) is 10.1. The standard InChI is InChI=1S/C15H20N4O2/c1-11-6-3-4-9-18(11)13(20)10-19-12-7-5-8-16-14(12)17(2)15(19)21/h5,7-8,11H,3-4,6,9-10H2,1-2H3/t11-/m1/s1. The lowest BCUT2D eigenvalue weighted by Crippen LogP contribution is -2.44. The molecule has 2 aromatic rings. The predicted octanol–water partition coefficient (Wildman–Crippen LogP) is 1.14. The Hall–Kier alpha value is -2.11. The lowest BCUT2D eigenvalue weighted by molar-refractivity contribution is -0.135. The minimum atomic E-state index is -0.193. The third-order valence-electron chi connectivity index (χ3n) is 4.31. The molecule has 1 atom stereocenters. The lowest BCUT2D eigenvalue weighted by atomic mass is 10.0. The molecule has 0 radical (unpaired) electrons. The van der Waals surface area contributed by atoms with E-state index < -0.39 is 0 Å². The fraction of sp³-hybridized carbons (Fsp3) is 0.533. The molecule has 1 aliphatic rings. The van der Waals surface area contributed by atoms with E-state index >= 15 is 0 Å². The number of hydrogen-bond acceptors (Lipinski definition) is 3. The number of hydrogen-bond donors (Lipinski definition) is 0.